The molecule has 2 atom stereocenters. The lowest BCUT2D eigenvalue weighted by Crippen LogP contribution is -2.53. The van der Waals surface area contributed by atoms with E-state index in [1.54, 1.807) is 0 Å². The zero-order chi connectivity index (χ0) is 14.8. The standard InChI is InChI=1S/C15H17N3O3/c19-13-6-5-12(15(21)18-13)17-14(20)10-7-8-16-11-4-2-1-3-9(10)11/h1-4,10,12,16H,5-8H2,(H,17,20)(H,18,19,21)/t10-,12-/m1/s1. The van der Waals surface area contributed by atoms with Crippen LogP contribution < -0.4 is 16.0 Å². The highest BCUT2D eigenvalue weighted by molar-refractivity contribution is 6.02. The van der Waals surface area contributed by atoms with E-state index in [4.69, 9.17) is 0 Å². The van der Waals surface area contributed by atoms with Gasteiger partial charge in [-0.15, -0.1) is 0 Å². The molecule has 0 radical (unpaired) electrons. The molecule has 0 aromatic heterocycles. The Morgan fingerprint density at radius 1 is 1.19 bits per heavy atom. The van der Waals surface area contributed by atoms with Crippen LogP contribution in [0.4, 0.5) is 5.69 Å². The summed E-state index contributed by atoms with van der Waals surface area (Å²) < 4.78 is 0. The van der Waals surface area contributed by atoms with E-state index in [-0.39, 0.29) is 24.2 Å². The van der Waals surface area contributed by atoms with Crippen LogP contribution in [-0.4, -0.2) is 30.3 Å². The van der Waals surface area contributed by atoms with Crippen molar-refractivity contribution in [3.8, 4) is 0 Å². The normalized spacial score (nSPS) is 24.6. The molecule has 6 nitrogen and oxygen atoms in total. The number of carbonyl (C=O) groups is 3. The van der Waals surface area contributed by atoms with Crippen LogP contribution in [0, 0.1) is 0 Å². The molecule has 21 heavy (non-hydrogen) atoms. The molecular formula is C15H17N3O3. The van der Waals surface area contributed by atoms with Crippen LogP contribution in [0.25, 0.3) is 0 Å². The zero-order valence-electron chi connectivity index (χ0n) is 11.5. The average molecular weight is 287 g/mol. The van der Waals surface area contributed by atoms with Gasteiger partial charge in [0.05, 0.1) is 5.92 Å². The minimum atomic E-state index is -0.614. The molecule has 2 heterocycles. The summed E-state index contributed by atoms with van der Waals surface area (Å²) in [5, 5.41) is 8.28. The number of hydrogen-bond acceptors (Lipinski definition) is 4. The molecule has 3 N–H and O–H groups in total. The SMILES string of the molecule is O=C1CC[C@@H](NC(=O)[C@@H]2CCNc3ccccc32)C(=O)N1. The molecule has 1 aromatic rings. The van der Waals surface area contributed by atoms with Crippen molar-refractivity contribution < 1.29 is 14.4 Å². The molecule has 1 fully saturated rings. The van der Waals surface area contributed by atoms with Gasteiger partial charge in [0.25, 0.3) is 0 Å². The summed E-state index contributed by atoms with van der Waals surface area (Å²) in [4.78, 5) is 35.3. The summed E-state index contributed by atoms with van der Waals surface area (Å²) >= 11 is 0. The van der Waals surface area contributed by atoms with Gasteiger partial charge in [0.1, 0.15) is 6.04 Å². The highest BCUT2D eigenvalue weighted by atomic mass is 16.2. The molecule has 6 heteroatoms. The fraction of sp³-hybridized carbons (Fsp3) is 0.400. The quantitative estimate of drug-likeness (QED) is 0.692. The molecule has 0 saturated carbocycles. The highest BCUT2D eigenvalue weighted by Crippen LogP contribution is 2.31. The second-order valence-corrected chi connectivity index (χ2v) is 5.37. The summed E-state index contributed by atoms with van der Waals surface area (Å²) in [6, 6.07) is 7.08. The van der Waals surface area contributed by atoms with E-state index in [2.05, 4.69) is 16.0 Å². The maximum absolute atomic E-state index is 12.5. The molecule has 3 amide bonds. The third-order valence-corrected chi connectivity index (χ3v) is 3.96. The first-order valence-electron chi connectivity index (χ1n) is 7.12. The number of anilines is 1. The van der Waals surface area contributed by atoms with E-state index in [0.717, 1.165) is 17.8 Å². The summed E-state index contributed by atoms with van der Waals surface area (Å²) in [5.41, 5.74) is 1.92. The predicted molar refractivity (Wildman–Crippen MR) is 76.6 cm³/mol. The number of amides is 3. The molecule has 110 valence electrons. The van der Waals surface area contributed by atoms with Gasteiger partial charge in [-0.2, -0.15) is 0 Å². The van der Waals surface area contributed by atoms with Crippen molar-refractivity contribution in [1.29, 1.82) is 0 Å². The Bertz CT molecular complexity index is 600. The van der Waals surface area contributed by atoms with Crippen LogP contribution >= 0.6 is 0 Å². The van der Waals surface area contributed by atoms with Crippen LogP contribution in [-0.2, 0) is 14.4 Å². The summed E-state index contributed by atoms with van der Waals surface area (Å²) in [7, 11) is 0. The largest absolute Gasteiger partial charge is 0.385 e. The molecule has 3 rings (SSSR count). The van der Waals surface area contributed by atoms with E-state index in [1.165, 1.54) is 0 Å². The number of para-hydroxylation sites is 1. The Morgan fingerprint density at radius 3 is 2.81 bits per heavy atom. The van der Waals surface area contributed by atoms with Gasteiger partial charge in [-0.25, -0.2) is 0 Å². The van der Waals surface area contributed by atoms with E-state index in [0.29, 0.717) is 12.8 Å². The second kappa shape index (κ2) is 5.55. The summed E-state index contributed by atoms with van der Waals surface area (Å²) in [6.45, 7) is 0.727. The van der Waals surface area contributed by atoms with Crippen molar-refractivity contribution in [2.24, 2.45) is 0 Å². The Hall–Kier alpha value is -2.37. The Morgan fingerprint density at radius 2 is 2.00 bits per heavy atom. The maximum atomic E-state index is 12.5. The Kier molecular flexibility index (Phi) is 3.60. The molecule has 0 bridgehead atoms. The molecule has 0 unspecified atom stereocenters. The fourth-order valence-electron chi connectivity index (χ4n) is 2.84. The first-order valence-corrected chi connectivity index (χ1v) is 7.12. The van der Waals surface area contributed by atoms with Crippen molar-refractivity contribution in [3.05, 3.63) is 29.8 Å². The van der Waals surface area contributed by atoms with Gasteiger partial charge in [-0.1, -0.05) is 18.2 Å². The molecular weight excluding hydrogens is 270 g/mol. The van der Waals surface area contributed by atoms with Gasteiger partial charge in [-0.05, 0) is 24.5 Å². The third kappa shape index (κ3) is 2.74. The second-order valence-electron chi connectivity index (χ2n) is 5.37. The number of fused-ring (bicyclic) bond motifs is 1. The van der Waals surface area contributed by atoms with Crippen LogP contribution in [0.5, 0.6) is 0 Å². The topological polar surface area (TPSA) is 87.3 Å². The lowest BCUT2D eigenvalue weighted by molar-refractivity contribution is -0.137. The minimum absolute atomic E-state index is 0.154. The van der Waals surface area contributed by atoms with Crippen LogP contribution in [0.2, 0.25) is 0 Å². The predicted octanol–water partition coefficient (Wildman–Crippen LogP) is 0.507. The zero-order valence-corrected chi connectivity index (χ0v) is 11.5. The Balaban J connectivity index is 1.72. The Labute approximate surface area is 122 Å². The lowest BCUT2D eigenvalue weighted by atomic mass is 9.89. The monoisotopic (exact) mass is 287 g/mol. The average Bonchev–Trinajstić information content (AvgIpc) is 2.49. The number of piperidine rings is 1. The number of imide groups is 1. The first kappa shape index (κ1) is 13.6. The van der Waals surface area contributed by atoms with E-state index in [1.807, 2.05) is 24.3 Å². The number of rotatable bonds is 2. The van der Waals surface area contributed by atoms with Crippen molar-refractivity contribution in [2.45, 2.75) is 31.2 Å². The minimum Gasteiger partial charge on any atom is -0.385 e. The number of nitrogens with one attached hydrogen (secondary N) is 3. The van der Waals surface area contributed by atoms with Gasteiger partial charge in [0.2, 0.25) is 17.7 Å². The number of carbonyl (C=O) groups excluding carboxylic acids is 3. The van der Waals surface area contributed by atoms with E-state index in [9.17, 15) is 14.4 Å². The van der Waals surface area contributed by atoms with Gasteiger partial charge in [0.15, 0.2) is 0 Å². The number of benzene rings is 1. The van der Waals surface area contributed by atoms with E-state index >= 15 is 0 Å². The fourth-order valence-corrected chi connectivity index (χ4v) is 2.84. The molecule has 1 saturated heterocycles. The van der Waals surface area contributed by atoms with Crippen molar-refractivity contribution in [3.63, 3.8) is 0 Å². The molecule has 2 aliphatic rings. The highest BCUT2D eigenvalue weighted by Gasteiger charge is 2.32. The van der Waals surface area contributed by atoms with Gasteiger partial charge < -0.3 is 10.6 Å². The van der Waals surface area contributed by atoms with Crippen LogP contribution in [0.15, 0.2) is 24.3 Å². The van der Waals surface area contributed by atoms with Gasteiger partial charge in [0, 0.05) is 18.7 Å². The molecule has 0 aliphatic carbocycles. The smallest absolute Gasteiger partial charge is 0.249 e. The lowest BCUT2D eigenvalue weighted by Gasteiger charge is -2.28. The summed E-state index contributed by atoms with van der Waals surface area (Å²) in [5.74, 6) is -1.11. The maximum Gasteiger partial charge on any atom is 0.249 e. The van der Waals surface area contributed by atoms with Crippen molar-refractivity contribution in [1.82, 2.24) is 10.6 Å². The molecule has 0 spiro atoms. The summed E-state index contributed by atoms with van der Waals surface area (Å²) in [6.07, 6.45) is 1.32. The third-order valence-electron chi connectivity index (χ3n) is 3.96. The van der Waals surface area contributed by atoms with Crippen LogP contribution in [0.3, 0.4) is 0 Å². The molecule has 2 aliphatic heterocycles. The first-order chi connectivity index (χ1) is 10.1. The number of hydrogen-bond donors (Lipinski definition) is 3. The molecule has 1 aromatic carbocycles. The van der Waals surface area contributed by atoms with Crippen molar-refractivity contribution in [2.75, 3.05) is 11.9 Å². The van der Waals surface area contributed by atoms with E-state index < -0.39 is 11.9 Å². The van der Waals surface area contributed by atoms with Gasteiger partial charge in [-0.3, -0.25) is 19.7 Å². The van der Waals surface area contributed by atoms with Gasteiger partial charge >= 0.3 is 0 Å². The van der Waals surface area contributed by atoms with Crippen molar-refractivity contribution >= 4 is 23.4 Å². The van der Waals surface area contributed by atoms with Crippen LogP contribution in [0.1, 0.15) is 30.7 Å².